The van der Waals surface area contributed by atoms with Crippen molar-refractivity contribution < 1.29 is 4.74 Å². The second kappa shape index (κ2) is 4.42. The fraction of sp³-hybridized carbons (Fsp3) is 0.500. The van der Waals surface area contributed by atoms with Gasteiger partial charge in [0.2, 0.25) is 11.2 Å². The van der Waals surface area contributed by atoms with Crippen LogP contribution in [0.4, 0.5) is 0 Å². The summed E-state index contributed by atoms with van der Waals surface area (Å²) in [6, 6.07) is 2.07. The number of fused-ring (bicyclic) bond motifs is 1. The second-order valence-electron chi connectivity index (χ2n) is 4.40. The summed E-state index contributed by atoms with van der Waals surface area (Å²) in [6.07, 6.45) is 5.02. The summed E-state index contributed by atoms with van der Waals surface area (Å²) in [7, 11) is 0. The van der Waals surface area contributed by atoms with Crippen LogP contribution in [0.1, 0.15) is 30.6 Å². The predicted molar refractivity (Wildman–Crippen MR) is 70.0 cm³/mol. The van der Waals surface area contributed by atoms with E-state index in [0.717, 1.165) is 23.1 Å². The molecule has 0 bridgehead atoms. The highest BCUT2D eigenvalue weighted by molar-refractivity contribution is 7.18. The fourth-order valence-electron chi connectivity index (χ4n) is 2.24. The summed E-state index contributed by atoms with van der Waals surface area (Å²) in [6.45, 7) is 2.06. The highest BCUT2D eigenvalue weighted by atomic mass is 35.5. The van der Waals surface area contributed by atoms with E-state index in [0.29, 0.717) is 12.0 Å². The molecule has 1 saturated carbocycles. The maximum Gasteiger partial charge on any atom is 0.227 e. The maximum absolute atomic E-state index is 5.95. The Bertz CT molecular complexity index is 549. The monoisotopic (exact) mass is 268 g/mol. The largest absolute Gasteiger partial charge is 0.474 e. The van der Waals surface area contributed by atoms with E-state index < -0.39 is 0 Å². The summed E-state index contributed by atoms with van der Waals surface area (Å²) in [5.74, 6) is 0.649. The van der Waals surface area contributed by atoms with Crippen molar-refractivity contribution >= 4 is 33.2 Å². The Morgan fingerprint density at radius 2 is 2.12 bits per heavy atom. The molecule has 0 aromatic carbocycles. The van der Waals surface area contributed by atoms with Gasteiger partial charge in [0.15, 0.2) is 0 Å². The molecule has 3 rings (SSSR count). The van der Waals surface area contributed by atoms with Gasteiger partial charge in [0.05, 0.1) is 5.39 Å². The number of halogens is 1. The highest BCUT2D eigenvalue weighted by Crippen LogP contribution is 2.33. The smallest absolute Gasteiger partial charge is 0.227 e. The second-order valence-corrected chi connectivity index (χ2v) is 5.97. The Kier molecular flexibility index (Phi) is 2.92. The SMILES string of the molecule is Cc1cc2c(OC3CCCC3)nc(Cl)nc2s1. The topological polar surface area (TPSA) is 35.0 Å². The van der Waals surface area contributed by atoms with Crippen LogP contribution < -0.4 is 4.74 Å². The quantitative estimate of drug-likeness (QED) is 0.773. The molecule has 1 aliphatic carbocycles. The van der Waals surface area contributed by atoms with Crippen LogP contribution in [0.25, 0.3) is 10.2 Å². The summed E-state index contributed by atoms with van der Waals surface area (Å²) in [4.78, 5) is 10.6. The van der Waals surface area contributed by atoms with Crippen LogP contribution in [0.2, 0.25) is 5.28 Å². The number of thiophene rings is 1. The molecular weight excluding hydrogens is 256 g/mol. The van der Waals surface area contributed by atoms with Gasteiger partial charge < -0.3 is 4.74 Å². The number of nitrogens with zero attached hydrogens (tertiary/aromatic N) is 2. The van der Waals surface area contributed by atoms with E-state index in [2.05, 4.69) is 23.0 Å². The molecule has 0 radical (unpaired) electrons. The molecule has 0 spiro atoms. The number of ether oxygens (including phenoxy) is 1. The summed E-state index contributed by atoms with van der Waals surface area (Å²) in [5.41, 5.74) is 0. The van der Waals surface area contributed by atoms with Gasteiger partial charge in [0.25, 0.3) is 0 Å². The molecule has 2 heterocycles. The van der Waals surface area contributed by atoms with Crippen LogP contribution in [0, 0.1) is 6.92 Å². The van der Waals surface area contributed by atoms with Crippen molar-refractivity contribution in [1.29, 1.82) is 0 Å². The van der Waals surface area contributed by atoms with Gasteiger partial charge in [-0.3, -0.25) is 0 Å². The van der Waals surface area contributed by atoms with E-state index in [9.17, 15) is 0 Å². The third kappa shape index (κ3) is 2.24. The molecule has 0 saturated heterocycles. The first-order valence-electron chi connectivity index (χ1n) is 5.83. The van der Waals surface area contributed by atoms with Crippen LogP contribution >= 0.6 is 22.9 Å². The molecule has 5 heteroatoms. The molecule has 1 aliphatic rings. The van der Waals surface area contributed by atoms with Gasteiger partial charge in [-0.05, 0) is 50.3 Å². The van der Waals surface area contributed by atoms with Crippen LogP contribution in [0.15, 0.2) is 6.07 Å². The number of hydrogen-bond donors (Lipinski definition) is 0. The maximum atomic E-state index is 5.95. The standard InChI is InChI=1S/C12H13ClN2OS/c1-7-6-9-10(16-8-4-2-3-5-8)14-12(13)15-11(9)17-7/h6,8H,2-5H2,1H3. The van der Waals surface area contributed by atoms with Crippen LogP contribution in [0.3, 0.4) is 0 Å². The average Bonchev–Trinajstić information content (AvgIpc) is 2.86. The minimum atomic E-state index is 0.271. The molecule has 90 valence electrons. The summed E-state index contributed by atoms with van der Waals surface area (Å²) < 4.78 is 5.95. The summed E-state index contributed by atoms with van der Waals surface area (Å²) in [5, 5.41) is 1.26. The van der Waals surface area contributed by atoms with Crippen molar-refractivity contribution in [2.45, 2.75) is 38.7 Å². The van der Waals surface area contributed by atoms with Gasteiger partial charge in [-0.15, -0.1) is 11.3 Å². The fourth-order valence-corrected chi connectivity index (χ4v) is 3.33. The molecule has 3 nitrogen and oxygen atoms in total. The van der Waals surface area contributed by atoms with E-state index in [-0.39, 0.29) is 5.28 Å². The molecular formula is C12H13ClN2OS. The molecule has 0 atom stereocenters. The van der Waals surface area contributed by atoms with Crippen molar-refractivity contribution in [3.63, 3.8) is 0 Å². The first-order valence-corrected chi connectivity index (χ1v) is 7.02. The molecule has 0 N–H and O–H groups in total. The van der Waals surface area contributed by atoms with Gasteiger partial charge in [0.1, 0.15) is 10.9 Å². The third-order valence-electron chi connectivity index (χ3n) is 3.03. The van der Waals surface area contributed by atoms with Crippen LogP contribution in [0.5, 0.6) is 5.88 Å². The van der Waals surface area contributed by atoms with Crippen molar-refractivity contribution in [2.24, 2.45) is 0 Å². The molecule has 0 aliphatic heterocycles. The van der Waals surface area contributed by atoms with Crippen LogP contribution in [-0.2, 0) is 0 Å². The first-order chi connectivity index (χ1) is 8.22. The van der Waals surface area contributed by atoms with E-state index >= 15 is 0 Å². The third-order valence-corrected chi connectivity index (χ3v) is 4.15. The molecule has 2 aromatic rings. The lowest BCUT2D eigenvalue weighted by atomic mass is 10.3. The number of rotatable bonds is 2. The van der Waals surface area contributed by atoms with Gasteiger partial charge in [-0.2, -0.15) is 4.98 Å². The summed E-state index contributed by atoms with van der Waals surface area (Å²) >= 11 is 7.55. The molecule has 0 amide bonds. The Morgan fingerprint density at radius 1 is 1.35 bits per heavy atom. The highest BCUT2D eigenvalue weighted by Gasteiger charge is 2.19. The Labute approximate surface area is 109 Å². The average molecular weight is 269 g/mol. The molecule has 0 unspecified atom stereocenters. The van der Waals surface area contributed by atoms with E-state index in [1.165, 1.54) is 17.7 Å². The van der Waals surface area contributed by atoms with E-state index in [1.54, 1.807) is 11.3 Å². The lowest BCUT2D eigenvalue weighted by Gasteiger charge is -2.12. The van der Waals surface area contributed by atoms with Gasteiger partial charge in [0, 0.05) is 4.88 Å². The van der Waals surface area contributed by atoms with Crippen molar-refractivity contribution in [3.8, 4) is 5.88 Å². The van der Waals surface area contributed by atoms with Crippen LogP contribution in [-0.4, -0.2) is 16.1 Å². The van der Waals surface area contributed by atoms with E-state index in [4.69, 9.17) is 16.3 Å². The first kappa shape index (κ1) is 11.2. The Balaban J connectivity index is 2.01. The predicted octanol–water partition coefficient (Wildman–Crippen LogP) is 3.97. The van der Waals surface area contributed by atoms with Gasteiger partial charge in [-0.25, -0.2) is 4.98 Å². The minimum absolute atomic E-state index is 0.271. The number of aryl methyl sites for hydroxylation is 1. The molecule has 1 fully saturated rings. The lowest BCUT2D eigenvalue weighted by Crippen LogP contribution is -2.12. The zero-order valence-electron chi connectivity index (χ0n) is 9.57. The zero-order chi connectivity index (χ0) is 11.8. The van der Waals surface area contributed by atoms with Crippen molar-refractivity contribution in [3.05, 3.63) is 16.2 Å². The molecule has 2 aromatic heterocycles. The zero-order valence-corrected chi connectivity index (χ0v) is 11.1. The Morgan fingerprint density at radius 3 is 2.88 bits per heavy atom. The van der Waals surface area contributed by atoms with Gasteiger partial charge in [-0.1, -0.05) is 0 Å². The number of hydrogen-bond acceptors (Lipinski definition) is 4. The van der Waals surface area contributed by atoms with Crippen molar-refractivity contribution in [1.82, 2.24) is 9.97 Å². The van der Waals surface area contributed by atoms with Crippen molar-refractivity contribution in [2.75, 3.05) is 0 Å². The minimum Gasteiger partial charge on any atom is -0.474 e. The van der Waals surface area contributed by atoms with E-state index in [1.807, 2.05) is 0 Å². The lowest BCUT2D eigenvalue weighted by molar-refractivity contribution is 0.204. The number of aromatic nitrogens is 2. The molecule has 17 heavy (non-hydrogen) atoms. The van der Waals surface area contributed by atoms with Gasteiger partial charge >= 0.3 is 0 Å². The normalized spacial score (nSPS) is 16.8. The Hall–Kier alpha value is -0.870.